The smallest absolute Gasteiger partial charge is 0.258 e. The van der Waals surface area contributed by atoms with Crippen molar-refractivity contribution in [2.75, 3.05) is 6.54 Å². The van der Waals surface area contributed by atoms with Crippen LogP contribution < -0.4 is 0 Å². The highest BCUT2D eigenvalue weighted by Crippen LogP contribution is 2.23. The lowest BCUT2D eigenvalue weighted by molar-refractivity contribution is -0.114. The van der Waals surface area contributed by atoms with Crippen LogP contribution in [0.4, 0.5) is 0 Å². The lowest BCUT2D eigenvalue weighted by Crippen LogP contribution is -2.30. The third-order valence-corrected chi connectivity index (χ3v) is 4.52. The molecule has 1 amide bonds. The summed E-state index contributed by atoms with van der Waals surface area (Å²) in [6.45, 7) is 6.58. The molecule has 0 aliphatic carbocycles. The Balaban J connectivity index is 2.47. The summed E-state index contributed by atoms with van der Waals surface area (Å²) in [4.78, 5) is 26.8. The van der Waals surface area contributed by atoms with Gasteiger partial charge in [0, 0.05) is 18.5 Å². The second-order valence-electron chi connectivity index (χ2n) is 6.77. The lowest BCUT2D eigenvalue weighted by Gasteiger charge is -2.26. The van der Waals surface area contributed by atoms with Crippen LogP contribution in [0.1, 0.15) is 54.6 Å². The van der Waals surface area contributed by atoms with Crippen molar-refractivity contribution in [3.05, 3.63) is 89.5 Å². The Bertz CT molecular complexity index is 833. The first-order chi connectivity index (χ1) is 13.6. The van der Waals surface area contributed by atoms with Crippen molar-refractivity contribution in [2.24, 2.45) is 0 Å². The van der Waals surface area contributed by atoms with Gasteiger partial charge >= 0.3 is 0 Å². The number of allylic oxidation sites excluding steroid dienone is 3. The van der Waals surface area contributed by atoms with Crippen molar-refractivity contribution in [2.45, 2.75) is 40.0 Å². The van der Waals surface area contributed by atoms with E-state index < -0.39 is 0 Å². The summed E-state index contributed by atoms with van der Waals surface area (Å²) < 4.78 is 0. The monoisotopic (exact) mass is 375 g/mol. The van der Waals surface area contributed by atoms with Gasteiger partial charge in [0.2, 0.25) is 0 Å². The maximum absolute atomic E-state index is 13.3. The SMILES string of the molecule is CCCCN(C(=O)c1ccc(C)cc1)/C(=C\C=C/C(=O)CC)c1ccccc1. The summed E-state index contributed by atoms with van der Waals surface area (Å²) in [6.07, 6.45) is 7.54. The number of hydrogen-bond donors (Lipinski definition) is 0. The predicted octanol–water partition coefficient (Wildman–Crippen LogP) is 5.81. The average molecular weight is 376 g/mol. The standard InChI is InChI=1S/C25H29NO2/c1-4-6-19-26(25(28)22-17-15-20(3)16-18-22)24(14-10-13-23(27)5-2)21-11-8-7-9-12-21/h7-18H,4-6,19H2,1-3H3/b13-10-,24-14-. The van der Waals surface area contributed by atoms with E-state index in [4.69, 9.17) is 0 Å². The molecule has 2 aromatic rings. The molecular formula is C25H29NO2. The molecule has 0 fully saturated rings. The zero-order valence-electron chi connectivity index (χ0n) is 17.0. The normalized spacial score (nSPS) is 11.6. The van der Waals surface area contributed by atoms with E-state index in [-0.39, 0.29) is 11.7 Å². The van der Waals surface area contributed by atoms with Gasteiger partial charge in [-0.15, -0.1) is 0 Å². The molecule has 146 valence electrons. The van der Waals surface area contributed by atoms with E-state index in [0.29, 0.717) is 18.5 Å². The zero-order chi connectivity index (χ0) is 20.4. The molecule has 0 heterocycles. The Morgan fingerprint density at radius 2 is 1.61 bits per heavy atom. The second-order valence-corrected chi connectivity index (χ2v) is 6.77. The fourth-order valence-electron chi connectivity index (χ4n) is 2.81. The summed E-state index contributed by atoms with van der Waals surface area (Å²) in [5, 5.41) is 0. The van der Waals surface area contributed by atoms with Crippen molar-refractivity contribution in [1.29, 1.82) is 0 Å². The maximum atomic E-state index is 13.3. The second kappa shape index (κ2) is 11.0. The molecule has 0 radical (unpaired) electrons. The fraction of sp³-hybridized carbons (Fsp3) is 0.280. The number of nitrogens with zero attached hydrogens (tertiary/aromatic N) is 1. The van der Waals surface area contributed by atoms with Gasteiger partial charge in [-0.2, -0.15) is 0 Å². The summed E-state index contributed by atoms with van der Waals surface area (Å²) in [5.41, 5.74) is 3.54. The number of carbonyl (C=O) groups is 2. The lowest BCUT2D eigenvalue weighted by atomic mass is 10.1. The highest BCUT2D eigenvalue weighted by molar-refractivity contribution is 6.00. The molecule has 2 aromatic carbocycles. The number of unbranched alkanes of at least 4 members (excludes halogenated alkanes) is 1. The Morgan fingerprint density at radius 1 is 0.929 bits per heavy atom. The highest BCUT2D eigenvalue weighted by atomic mass is 16.2. The fourth-order valence-corrected chi connectivity index (χ4v) is 2.81. The largest absolute Gasteiger partial charge is 0.308 e. The first kappa shape index (κ1) is 21.4. The Labute approximate surface area is 168 Å². The predicted molar refractivity (Wildman–Crippen MR) is 116 cm³/mol. The van der Waals surface area contributed by atoms with E-state index in [1.807, 2.05) is 79.4 Å². The summed E-state index contributed by atoms with van der Waals surface area (Å²) in [7, 11) is 0. The molecule has 0 aromatic heterocycles. The molecule has 3 heteroatoms. The van der Waals surface area contributed by atoms with Crippen LogP contribution in [0.3, 0.4) is 0 Å². The number of carbonyl (C=O) groups excluding carboxylic acids is 2. The number of hydrogen-bond acceptors (Lipinski definition) is 2. The molecule has 0 N–H and O–H groups in total. The molecule has 0 spiro atoms. The molecule has 0 saturated heterocycles. The van der Waals surface area contributed by atoms with Gasteiger partial charge in [-0.3, -0.25) is 9.59 Å². The molecule has 0 bridgehead atoms. The molecule has 0 aliphatic heterocycles. The van der Waals surface area contributed by atoms with Gasteiger partial charge in [0.25, 0.3) is 5.91 Å². The zero-order valence-corrected chi connectivity index (χ0v) is 17.0. The van der Waals surface area contributed by atoms with Crippen LogP contribution in [0.5, 0.6) is 0 Å². The van der Waals surface area contributed by atoms with Crippen molar-refractivity contribution < 1.29 is 9.59 Å². The molecule has 0 atom stereocenters. The molecule has 0 unspecified atom stereocenters. The summed E-state index contributed by atoms with van der Waals surface area (Å²) in [6, 6.07) is 17.5. The number of amides is 1. The minimum Gasteiger partial charge on any atom is -0.308 e. The maximum Gasteiger partial charge on any atom is 0.258 e. The van der Waals surface area contributed by atoms with Gasteiger partial charge in [-0.1, -0.05) is 74.4 Å². The minimum absolute atomic E-state index is 0.0289. The van der Waals surface area contributed by atoms with Gasteiger partial charge in [0.05, 0.1) is 5.70 Å². The van der Waals surface area contributed by atoms with Gasteiger partial charge in [0.1, 0.15) is 0 Å². The molecular weight excluding hydrogens is 346 g/mol. The molecule has 2 rings (SSSR count). The highest BCUT2D eigenvalue weighted by Gasteiger charge is 2.20. The molecule has 28 heavy (non-hydrogen) atoms. The topological polar surface area (TPSA) is 37.4 Å². The van der Waals surface area contributed by atoms with Gasteiger partial charge in [0.15, 0.2) is 5.78 Å². The Morgan fingerprint density at radius 3 is 2.21 bits per heavy atom. The van der Waals surface area contributed by atoms with E-state index >= 15 is 0 Å². The van der Waals surface area contributed by atoms with Crippen molar-refractivity contribution >= 4 is 17.4 Å². The van der Waals surface area contributed by atoms with Crippen LogP contribution in [0.25, 0.3) is 5.70 Å². The number of rotatable bonds is 9. The van der Waals surface area contributed by atoms with Crippen LogP contribution in [0.15, 0.2) is 72.8 Å². The van der Waals surface area contributed by atoms with Crippen LogP contribution in [0, 0.1) is 6.92 Å². The van der Waals surface area contributed by atoms with E-state index in [9.17, 15) is 9.59 Å². The first-order valence-corrected chi connectivity index (χ1v) is 9.92. The van der Waals surface area contributed by atoms with Crippen molar-refractivity contribution in [3.8, 4) is 0 Å². The van der Waals surface area contributed by atoms with Crippen LogP contribution in [-0.4, -0.2) is 23.1 Å². The third-order valence-electron chi connectivity index (χ3n) is 4.52. The van der Waals surface area contributed by atoms with Crippen molar-refractivity contribution in [3.63, 3.8) is 0 Å². The first-order valence-electron chi connectivity index (χ1n) is 9.92. The van der Waals surface area contributed by atoms with Crippen molar-refractivity contribution in [1.82, 2.24) is 4.90 Å². The molecule has 0 aliphatic rings. The van der Waals surface area contributed by atoms with Crippen LogP contribution in [-0.2, 0) is 4.79 Å². The quantitative estimate of drug-likeness (QED) is 0.409. The van der Waals surface area contributed by atoms with E-state index in [2.05, 4.69) is 6.92 Å². The average Bonchev–Trinajstić information content (AvgIpc) is 2.73. The summed E-state index contributed by atoms with van der Waals surface area (Å²) in [5.74, 6) is 0.0346. The van der Waals surface area contributed by atoms with E-state index in [1.54, 1.807) is 12.2 Å². The summed E-state index contributed by atoms with van der Waals surface area (Å²) >= 11 is 0. The van der Waals surface area contributed by atoms with E-state index in [1.165, 1.54) is 0 Å². The van der Waals surface area contributed by atoms with Gasteiger partial charge < -0.3 is 4.90 Å². The number of aryl methyl sites for hydroxylation is 1. The van der Waals surface area contributed by atoms with Crippen LogP contribution >= 0.6 is 0 Å². The number of benzene rings is 2. The van der Waals surface area contributed by atoms with Crippen LogP contribution in [0.2, 0.25) is 0 Å². The molecule has 0 saturated carbocycles. The minimum atomic E-state index is -0.0289. The van der Waals surface area contributed by atoms with E-state index in [0.717, 1.165) is 29.7 Å². The Hall–Kier alpha value is -2.94. The third kappa shape index (κ3) is 6.05. The molecule has 3 nitrogen and oxygen atoms in total. The Kier molecular flexibility index (Phi) is 8.41. The van der Waals surface area contributed by atoms with Gasteiger partial charge in [-0.25, -0.2) is 0 Å². The number of ketones is 1. The van der Waals surface area contributed by atoms with Gasteiger partial charge in [-0.05, 0) is 43.2 Å².